The average molecular weight is 305 g/mol. The maximum absolute atomic E-state index is 12.0. The Bertz CT molecular complexity index is 488. The van der Waals surface area contributed by atoms with Gasteiger partial charge in [-0.3, -0.25) is 4.79 Å². The summed E-state index contributed by atoms with van der Waals surface area (Å²) in [5, 5.41) is 31.3. The third-order valence-electron chi connectivity index (χ3n) is 4.37. The number of β-lactam (4-membered cyclic amide) rings is 1. The van der Waals surface area contributed by atoms with Crippen molar-refractivity contribution < 1.29 is 54.5 Å². The molecule has 1 saturated heterocycles. The third kappa shape index (κ3) is 2.68. The molecule has 21 heavy (non-hydrogen) atoms. The second-order valence-corrected chi connectivity index (χ2v) is 6.03. The molecule has 0 aromatic rings. The second-order valence-electron chi connectivity index (χ2n) is 6.03. The Morgan fingerprint density at radius 1 is 1.29 bits per heavy atom. The quantitative estimate of drug-likeness (QED) is 0.406. The second kappa shape index (κ2) is 6.38. The number of aliphatic hydroxyl groups excluding tert-OH is 2. The van der Waals surface area contributed by atoms with Crippen molar-refractivity contribution in [2.45, 2.75) is 45.9 Å². The molecule has 6 nitrogen and oxygen atoms in total. The summed E-state index contributed by atoms with van der Waals surface area (Å²) in [4.78, 5) is 24.6. The van der Waals surface area contributed by atoms with Crippen LogP contribution in [0.1, 0.15) is 27.7 Å². The van der Waals surface area contributed by atoms with Crippen molar-refractivity contribution in [1.82, 2.24) is 4.90 Å². The molecule has 5 atom stereocenters. The molecule has 0 aromatic carbocycles. The molecule has 112 valence electrons. The van der Waals surface area contributed by atoms with Gasteiger partial charge in [0.05, 0.1) is 35.8 Å². The number of amides is 1. The number of rotatable bonds is 4. The zero-order valence-corrected chi connectivity index (χ0v) is 15.0. The Kier molecular flexibility index (Phi) is 5.67. The van der Waals surface area contributed by atoms with Gasteiger partial charge in [-0.25, -0.2) is 0 Å². The van der Waals surface area contributed by atoms with Crippen LogP contribution in [-0.4, -0.2) is 45.2 Å². The van der Waals surface area contributed by atoms with E-state index in [0.29, 0.717) is 5.57 Å². The van der Waals surface area contributed by atoms with E-state index >= 15 is 0 Å². The predicted molar refractivity (Wildman–Crippen MR) is 67.8 cm³/mol. The molecule has 0 aromatic heterocycles. The minimum absolute atomic E-state index is 0. The van der Waals surface area contributed by atoms with Gasteiger partial charge < -0.3 is 25.0 Å². The number of carboxylic acid groups (broad SMARTS) is 1. The number of carbonyl (C=O) groups excluding carboxylic acids is 2. The molecule has 0 bridgehead atoms. The van der Waals surface area contributed by atoms with E-state index in [1.807, 2.05) is 0 Å². The largest absolute Gasteiger partial charge is 1.00 e. The summed E-state index contributed by atoms with van der Waals surface area (Å²) in [6.45, 7) is 6.85. The van der Waals surface area contributed by atoms with E-state index in [4.69, 9.17) is 0 Å². The molecule has 2 heterocycles. The van der Waals surface area contributed by atoms with Crippen molar-refractivity contribution in [3.8, 4) is 0 Å². The first-order valence-corrected chi connectivity index (χ1v) is 6.84. The van der Waals surface area contributed by atoms with Crippen LogP contribution in [0.25, 0.3) is 0 Å². The van der Waals surface area contributed by atoms with Crippen molar-refractivity contribution in [3.05, 3.63) is 11.3 Å². The predicted octanol–water partition coefficient (Wildman–Crippen LogP) is -4.13. The summed E-state index contributed by atoms with van der Waals surface area (Å²) in [6.07, 6.45) is -1.78. The van der Waals surface area contributed by atoms with E-state index in [9.17, 15) is 24.9 Å². The molecule has 7 heteroatoms. The molecule has 1 fully saturated rings. The van der Waals surface area contributed by atoms with Crippen LogP contribution in [0.3, 0.4) is 0 Å². The van der Waals surface area contributed by atoms with Gasteiger partial charge in [-0.05, 0) is 18.4 Å². The molecule has 2 rings (SSSR count). The van der Waals surface area contributed by atoms with Gasteiger partial charge in [0.1, 0.15) is 0 Å². The topological polar surface area (TPSA) is 101 Å². The van der Waals surface area contributed by atoms with E-state index in [1.165, 1.54) is 11.8 Å². The Morgan fingerprint density at radius 2 is 1.81 bits per heavy atom. The zero-order valence-electron chi connectivity index (χ0n) is 13.0. The van der Waals surface area contributed by atoms with Crippen LogP contribution < -0.4 is 34.7 Å². The molecule has 0 spiro atoms. The van der Waals surface area contributed by atoms with Gasteiger partial charge in [-0.1, -0.05) is 20.8 Å². The first-order chi connectivity index (χ1) is 9.20. The van der Waals surface area contributed by atoms with Gasteiger partial charge in [0.25, 0.3) is 0 Å². The van der Waals surface area contributed by atoms with Gasteiger partial charge in [-0.2, -0.15) is 0 Å². The van der Waals surface area contributed by atoms with Gasteiger partial charge in [-0.15, -0.1) is 0 Å². The molecule has 0 aliphatic carbocycles. The maximum atomic E-state index is 12.0. The smallest absolute Gasteiger partial charge is 0.543 e. The first kappa shape index (κ1) is 18.6. The van der Waals surface area contributed by atoms with Gasteiger partial charge in [0.15, 0.2) is 0 Å². The summed E-state index contributed by atoms with van der Waals surface area (Å²) in [7, 11) is 0. The molecule has 2 aliphatic rings. The molecule has 0 saturated carbocycles. The maximum Gasteiger partial charge on any atom is 1.00 e. The fourth-order valence-corrected chi connectivity index (χ4v) is 3.34. The van der Waals surface area contributed by atoms with Crippen LogP contribution in [0.15, 0.2) is 11.3 Å². The molecular formula is C14H20NNaO5. The molecule has 1 unspecified atom stereocenters. The van der Waals surface area contributed by atoms with Crippen LogP contribution in [0.2, 0.25) is 0 Å². The summed E-state index contributed by atoms with van der Waals surface area (Å²) in [5.41, 5.74) is 0.118. The van der Waals surface area contributed by atoms with E-state index in [0.717, 1.165) is 0 Å². The van der Waals surface area contributed by atoms with Crippen LogP contribution in [0.5, 0.6) is 0 Å². The van der Waals surface area contributed by atoms with Crippen LogP contribution in [-0.2, 0) is 9.59 Å². The van der Waals surface area contributed by atoms with E-state index in [-0.39, 0.29) is 47.1 Å². The molecule has 1 amide bonds. The molecule has 2 aliphatic heterocycles. The number of hydrogen-bond acceptors (Lipinski definition) is 5. The summed E-state index contributed by atoms with van der Waals surface area (Å²) in [6, 6.07) is -0.404. The fourth-order valence-electron chi connectivity index (χ4n) is 3.34. The number of carbonyl (C=O) groups is 2. The Hall–Kier alpha value is -0.400. The third-order valence-corrected chi connectivity index (χ3v) is 4.37. The Labute approximate surface area is 146 Å². The summed E-state index contributed by atoms with van der Waals surface area (Å²) in [5.74, 6) is -2.96. The normalized spacial score (nSPS) is 30.7. The summed E-state index contributed by atoms with van der Waals surface area (Å²) < 4.78 is 0. The Balaban J connectivity index is 0.00000220. The minimum Gasteiger partial charge on any atom is -0.543 e. The fraction of sp³-hybridized carbons (Fsp3) is 0.714. The van der Waals surface area contributed by atoms with E-state index < -0.39 is 36.0 Å². The van der Waals surface area contributed by atoms with Crippen molar-refractivity contribution in [1.29, 1.82) is 0 Å². The van der Waals surface area contributed by atoms with Crippen molar-refractivity contribution in [3.63, 3.8) is 0 Å². The molecule has 0 radical (unpaired) electrons. The monoisotopic (exact) mass is 305 g/mol. The number of aliphatic hydroxyl groups is 2. The number of fused-ring (bicyclic) bond motifs is 1. The minimum atomic E-state index is -1.45. The van der Waals surface area contributed by atoms with Crippen molar-refractivity contribution in [2.24, 2.45) is 17.8 Å². The first-order valence-electron chi connectivity index (χ1n) is 6.84. The number of carboxylic acids is 1. The molecule has 2 N–H and O–H groups in total. The van der Waals surface area contributed by atoms with Crippen LogP contribution in [0.4, 0.5) is 0 Å². The van der Waals surface area contributed by atoms with Gasteiger partial charge >= 0.3 is 29.6 Å². The van der Waals surface area contributed by atoms with Crippen molar-refractivity contribution >= 4 is 11.9 Å². The van der Waals surface area contributed by atoms with Crippen LogP contribution in [0, 0.1) is 17.8 Å². The number of aliphatic carboxylic acids is 1. The zero-order chi connectivity index (χ0) is 15.4. The Morgan fingerprint density at radius 3 is 2.19 bits per heavy atom. The summed E-state index contributed by atoms with van der Waals surface area (Å²) >= 11 is 0. The van der Waals surface area contributed by atoms with Crippen LogP contribution >= 0.6 is 0 Å². The SMILES string of the molecule is CC(C)[C@@H](O)C1=C(C(=O)[O-])N2C(=O)[C@H]([C@@H](C)O)C2[C@H]1C.[Na+]. The van der Waals surface area contributed by atoms with Crippen molar-refractivity contribution in [2.75, 3.05) is 0 Å². The van der Waals surface area contributed by atoms with E-state index in [2.05, 4.69) is 0 Å². The number of hydrogen-bond donors (Lipinski definition) is 2. The van der Waals surface area contributed by atoms with Gasteiger partial charge in [0, 0.05) is 5.92 Å². The van der Waals surface area contributed by atoms with Gasteiger partial charge in [0.2, 0.25) is 5.91 Å². The standard InChI is InChI=1S/C14H21NO5.Na/c1-5(2)12(17)8-6(3)10-9(7(4)16)13(18)15(10)11(8)14(19)20;/h5-7,9-10,12,16-17H,1-4H3,(H,19,20);/q;+1/p-1/t6-,7+,9+,10?,12+;/m0./s1. The number of nitrogens with zero attached hydrogens (tertiary/aromatic N) is 1. The molecular weight excluding hydrogens is 285 g/mol. The average Bonchev–Trinajstić information content (AvgIpc) is 2.57. The van der Waals surface area contributed by atoms with E-state index in [1.54, 1.807) is 20.8 Å².